The van der Waals surface area contributed by atoms with Crippen LogP contribution in [0.25, 0.3) is 11.1 Å². The molecule has 1 aliphatic rings. The Morgan fingerprint density at radius 3 is 1.42 bits per heavy atom. The molecule has 2 aromatic carbocycles. The SMILES string of the molecule is CCC(=O)N[C@@H](CSC[C@H](CCCOC(=O)CC)OC(=O)CC)C(=O)N[S-].CCC(=O)OCCC[C@@H](CSC[C@H](C)C(=O)CNC)OC(=O)CC.CNC.CNC(=O)OCC1c2ccccc2-c2ccccc21.[K+].[K+].[K+].[K+]. The second-order valence-electron chi connectivity index (χ2n) is 16.4. The summed E-state index contributed by atoms with van der Waals surface area (Å²) in [7, 11) is 7.07. The van der Waals surface area contributed by atoms with Gasteiger partial charge >= 0.3 is 236 Å². The van der Waals surface area contributed by atoms with Crippen LogP contribution in [0.15, 0.2) is 48.5 Å². The van der Waals surface area contributed by atoms with Crippen LogP contribution in [0.4, 0.5) is 4.79 Å². The normalized spacial score (nSPS) is 11.9. The smallest absolute Gasteiger partial charge is 0.668 e. The van der Waals surface area contributed by atoms with Gasteiger partial charge < -0.3 is 62.5 Å². The molecule has 0 saturated carbocycles. The fourth-order valence-electron chi connectivity index (χ4n) is 6.45. The summed E-state index contributed by atoms with van der Waals surface area (Å²) >= 11 is 7.54. The predicted molar refractivity (Wildman–Crippen MR) is 291 cm³/mol. The second kappa shape index (κ2) is 56.8. The first-order chi connectivity index (χ1) is 35.0. The Hall–Kier alpha value is 1.72. The Morgan fingerprint density at radius 1 is 0.597 bits per heavy atom. The summed E-state index contributed by atoms with van der Waals surface area (Å²) in [5, 5.41) is 10.7. The number of likely N-dealkylation sites (N-methyl/N-ethyl adjacent to an activating group) is 1. The van der Waals surface area contributed by atoms with Crippen molar-refractivity contribution in [1.29, 1.82) is 0 Å². The van der Waals surface area contributed by atoms with Crippen molar-refractivity contribution in [1.82, 2.24) is 26.0 Å². The van der Waals surface area contributed by atoms with Gasteiger partial charge in [-0.25, -0.2) is 4.79 Å². The van der Waals surface area contributed by atoms with Crippen LogP contribution in [-0.2, 0) is 70.1 Å². The topological polar surface area (TPSA) is 243 Å². The maximum absolute atomic E-state index is 11.8. The van der Waals surface area contributed by atoms with Gasteiger partial charge in [-0.1, -0.05) is 90.1 Å². The fourth-order valence-corrected chi connectivity index (χ4v) is 8.86. The second-order valence-corrected chi connectivity index (χ2v) is 18.7. The molecule has 0 aliphatic heterocycles. The monoisotopic (exact) mass is 1240 g/mol. The van der Waals surface area contributed by atoms with E-state index in [1.165, 1.54) is 34.0 Å². The summed E-state index contributed by atoms with van der Waals surface area (Å²) in [6, 6.07) is 15.8. The van der Waals surface area contributed by atoms with E-state index in [4.69, 9.17) is 23.7 Å². The molecule has 2 aromatic rings. The number of nitrogens with one attached hydrogen (secondary N) is 5. The molecule has 3 rings (SSSR count). The van der Waals surface area contributed by atoms with Crippen LogP contribution in [0, 0.1) is 5.92 Å². The van der Waals surface area contributed by atoms with Crippen LogP contribution in [0.1, 0.15) is 116 Å². The van der Waals surface area contributed by atoms with E-state index in [0.717, 1.165) is 0 Å². The zero-order chi connectivity index (χ0) is 55.0. The number of alkyl carbamates (subject to hydrolysis) is 1. The number of hydrogen-bond acceptors (Lipinski definition) is 18. The van der Waals surface area contributed by atoms with Gasteiger partial charge in [0.05, 0.1) is 19.8 Å². The minimum absolute atomic E-state index is 0. The quantitative estimate of drug-likeness (QED) is 0.0161. The predicted octanol–water partition coefficient (Wildman–Crippen LogP) is -5.55. The number of ether oxygens (including phenoxy) is 5. The molecule has 4 atom stereocenters. The number of thioether (sulfide) groups is 2. The van der Waals surface area contributed by atoms with Crippen LogP contribution in [0.2, 0.25) is 0 Å². The average molecular weight is 1240 g/mol. The van der Waals surface area contributed by atoms with Gasteiger partial charge in [0.25, 0.3) is 0 Å². The number of rotatable bonds is 30. The molecule has 0 aromatic heterocycles. The summed E-state index contributed by atoms with van der Waals surface area (Å²) < 4.78 is 28.2. The summed E-state index contributed by atoms with van der Waals surface area (Å²) in [6.45, 7) is 11.9. The van der Waals surface area contributed by atoms with Gasteiger partial charge in [0.1, 0.15) is 30.6 Å². The molecule has 0 fully saturated rings. The largest absolute Gasteiger partial charge is 1.00 e. The molecule has 0 spiro atoms. The Balaban J connectivity index is -0.000000322. The Morgan fingerprint density at radius 2 is 1.03 bits per heavy atom. The molecular weight excluding hydrogens is 1160 g/mol. The number of carbonyl (C=O) groups excluding carboxylic acids is 8. The van der Waals surface area contributed by atoms with Crippen LogP contribution >= 0.6 is 23.5 Å². The fraction of sp³-hybridized carbons (Fsp3) is 0.615. The first-order valence-corrected chi connectivity index (χ1v) is 27.6. The molecule has 18 nitrogen and oxygen atoms in total. The minimum Gasteiger partial charge on any atom is -0.668 e. The van der Waals surface area contributed by atoms with Crippen molar-refractivity contribution >= 4 is 83.9 Å². The van der Waals surface area contributed by atoms with Gasteiger partial charge in [0.15, 0.2) is 0 Å². The molecule has 0 bridgehead atoms. The molecular formula is C52H82K4N5O13S3+3. The van der Waals surface area contributed by atoms with E-state index in [-0.39, 0.29) is 291 Å². The standard InChI is InChI=1S/C17H29N2O6S2.C17H31NO5S.C16H15NO2.C2H7N.4K/c1-4-14(20)18-13(17(23)19-26)11-27-10-12(25-16(22)6-3)8-7-9-24-15(21)5-2;1-5-16(20)22-9-7-8-14(23-17(21)6-2)12-24-11-13(3)15(19)10-18-4;1-17-16(18)19-10-15-13-8-4-2-6-11(13)12-7-3-5-9-14(12)15;1-3-2;;;;/h12-13H,4-11H2,1-3H3,(H2-,18,19,20,23,26);13-14,18H,5-12H2,1-4H3;2-9,15H,10H2,1H3,(H,17,18);3H,1-2H3;;;;/q-1;;;;4*+1/t12-,13-;13-,14-;;;;;;/m00....../s1. The van der Waals surface area contributed by atoms with Crippen molar-refractivity contribution in [2.75, 3.05) is 77.6 Å². The van der Waals surface area contributed by atoms with Gasteiger partial charge in [-0.15, -0.1) is 0 Å². The number of hydrogen-bond donors (Lipinski definition) is 5. The molecule has 3 amide bonds. The third-order valence-electron chi connectivity index (χ3n) is 10.4. The molecule has 25 heteroatoms. The maximum Gasteiger partial charge on any atom is 1.00 e. The van der Waals surface area contributed by atoms with Crippen LogP contribution in [-0.4, -0.2) is 143 Å². The molecule has 412 valence electrons. The minimum atomic E-state index is -0.743. The summed E-state index contributed by atoms with van der Waals surface area (Å²) in [4.78, 5) is 91.7. The molecule has 77 heavy (non-hydrogen) atoms. The maximum atomic E-state index is 11.8. The Kier molecular flexibility index (Phi) is 64.6. The van der Waals surface area contributed by atoms with Crippen molar-refractivity contribution in [3.8, 4) is 11.1 Å². The van der Waals surface area contributed by atoms with Gasteiger partial charge in [-0.3, -0.25) is 33.6 Å². The first kappa shape index (κ1) is 87.5. The number of Topliss-reactive ketones (excluding diaryl/α,β-unsaturated/α-hetero) is 1. The summed E-state index contributed by atoms with van der Waals surface area (Å²) in [5.74, 6) is 0.652. The third-order valence-corrected chi connectivity index (χ3v) is 13.1. The van der Waals surface area contributed by atoms with Crippen molar-refractivity contribution in [3.05, 3.63) is 59.7 Å². The third kappa shape index (κ3) is 41.4. The molecule has 0 heterocycles. The van der Waals surface area contributed by atoms with Crippen molar-refractivity contribution in [2.45, 2.75) is 123 Å². The van der Waals surface area contributed by atoms with Gasteiger partial charge in [-0.05, 0) is 69.1 Å². The number of ketones is 1. The van der Waals surface area contributed by atoms with E-state index < -0.39 is 11.9 Å². The van der Waals surface area contributed by atoms with Gasteiger partial charge in [0, 0.05) is 74.0 Å². The number of carbonyl (C=O) groups is 8. The zero-order valence-electron chi connectivity index (χ0n) is 48.6. The van der Waals surface area contributed by atoms with Crippen LogP contribution in [0.3, 0.4) is 0 Å². The van der Waals surface area contributed by atoms with Gasteiger partial charge in [-0.2, -0.15) is 23.5 Å². The molecule has 0 radical (unpaired) electrons. The Bertz CT molecular complexity index is 1920. The number of fused-ring (bicyclic) bond motifs is 3. The van der Waals surface area contributed by atoms with E-state index in [1.54, 1.807) is 60.5 Å². The number of amides is 3. The van der Waals surface area contributed by atoms with Crippen LogP contribution < -0.4 is 232 Å². The van der Waals surface area contributed by atoms with Crippen LogP contribution in [0.5, 0.6) is 0 Å². The van der Waals surface area contributed by atoms with Gasteiger partial charge in [0.2, 0.25) is 11.8 Å². The first-order valence-electron chi connectivity index (χ1n) is 24.9. The van der Waals surface area contributed by atoms with E-state index in [0.29, 0.717) is 87.7 Å². The molecule has 5 N–H and O–H groups in total. The van der Waals surface area contributed by atoms with Crippen molar-refractivity contribution < 1.29 is 268 Å². The van der Waals surface area contributed by atoms with Crippen molar-refractivity contribution in [2.24, 2.45) is 5.92 Å². The Labute approximate surface area is 643 Å². The van der Waals surface area contributed by atoms with E-state index in [9.17, 15) is 38.4 Å². The molecule has 0 saturated heterocycles. The summed E-state index contributed by atoms with van der Waals surface area (Å²) in [6.07, 6.45) is 2.99. The number of benzene rings is 2. The molecule has 1 aliphatic carbocycles. The van der Waals surface area contributed by atoms with E-state index >= 15 is 0 Å². The zero-order valence-corrected chi connectivity index (χ0v) is 63.5. The average Bonchev–Trinajstić information content (AvgIpc) is 3.72. The molecule has 0 unspecified atom stereocenters. The summed E-state index contributed by atoms with van der Waals surface area (Å²) in [5.41, 5.74) is 4.94. The van der Waals surface area contributed by atoms with Crippen molar-refractivity contribution in [3.63, 3.8) is 0 Å². The van der Waals surface area contributed by atoms with E-state index in [2.05, 4.69) is 63.1 Å². The van der Waals surface area contributed by atoms with E-state index in [1.807, 2.05) is 45.3 Å². The number of esters is 4.